The second-order valence-corrected chi connectivity index (χ2v) is 4.49. The number of rotatable bonds is 0. The number of allylic oxidation sites excluding steroid dienone is 4. The van der Waals surface area contributed by atoms with Crippen LogP contribution in [0.2, 0.25) is 0 Å². The van der Waals surface area contributed by atoms with Crippen LogP contribution in [0.15, 0.2) is 24.3 Å². The summed E-state index contributed by atoms with van der Waals surface area (Å²) in [7, 11) is 0. The molecule has 0 saturated heterocycles. The van der Waals surface area contributed by atoms with Crippen LogP contribution in [0.5, 0.6) is 0 Å². The first-order valence-electron chi connectivity index (χ1n) is 5.99. The molecule has 0 saturated carbocycles. The molecule has 0 aliphatic heterocycles. The van der Waals surface area contributed by atoms with Crippen LogP contribution in [0.3, 0.4) is 0 Å². The highest BCUT2D eigenvalue weighted by Crippen LogP contribution is 2.32. The lowest BCUT2D eigenvalue weighted by Crippen LogP contribution is -2.16. The highest BCUT2D eigenvalue weighted by molar-refractivity contribution is 5.00. The lowest BCUT2D eigenvalue weighted by molar-refractivity contribution is 0.326. The molecule has 0 nitrogen and oxygen atoms in total. The molecule has 0 heterocycles. The van der Waals surface area contributed by atoms with E-state index in [9.17, 15) is 0 Å². The Kier molecular flexibility index (Phi) is 3.85. The summed E-state index contributed by atoms with van der Waals surface area (Å²) in [6.45, 7) is 0. The first kappa shape index (κ1) is 10.0. The molecule has 0 aromatic carbocycles. The number of hydrogen-bond acceptors (Lipinski definition) is 0. The van der Waals surface area contributed by atoms with Gasteiger partial charge in [0.05, 0.1) is 0 Å². The van der Waals surface area contributed by atoms with Crippen molar-refractivity contribution >= 4 is 0 Å². The van der Waals surface area contributed by atoms with Crippen LogP contribution in [0.4, 0.5) is 0 Å². The zero-order valence-electron chi connectivity index (χ0n) is 8.91. The highest BCUT2D eigenvalue weighted by Gasteiger charge is 2.20. The van der Waals surface area contributed by atoms with E-state index >= 15 is 0 Å². The quantitative estimate of drug-likeness (QED) is 0.500. The van der Waals surface area contributed by atoms with Crippen LogP contribution in [-0.2, 0) is 0 Å². The number of hydrogen-bond donors (Lipinski definition) is 0. The van der Waals surface area contributed by atoms with Crippen molar-refractivity contribution in [3.8, 4) is 0 Å². The Hall–Kier alpha value is -0.520. The predicted octanol–water partition coefficient (Wildman–Crippen LogP) is 4.17. The molecule has 0 spiro atoms. The molecule has 0 aromatic heterocycles. The Morgan fingerprint density at radius 1 is 1.00 bits per heavy atom. The molecule has 0 fully saturated rings. The molecule has 2 aliphatic rings. The minimum atomic E-state index is 0.850. The fraction of sp³-hybridized carbons (Fsp3) is 0.643. The molecule has 0 N–H and O–H groups in total. The lowest BCUT2D eigenvalue weighted by atomic mass is 9.78. The molecule has 0 heteroatoms. The Balaban J connectivity index is 1.95. The molecule has 76 valence electrons. The predicted molar refractivity (Wildman–Crippen MR) is 60.8 cm³/mol. The van der Waals surface area contributed by atoms with Gasteiger partial charge in [0, 0.05) is 0 Å². The first-order valence-corrected chi connectivity index (χ1v) is 5.99. The summed E-state index contributed by atoms with van der Waals surface area (Å²) in [6, 6.07) is 0. The summed E-state index contributed by atoms with van der Waals surface area (Å²) in [6.07, 6.45) is 21.9. The molecular weight excluding hydrogens is 168 g/mol. The first-order chi connectivity index (χ1) is 6.97. The third-order valence-corrected chi connectivity index (χ3v) is 3.44. The second kappa shape index (κ2) is 5.38. The van der Waals surface area contributed by atoms with Gasteiger partial charge in [-0.15, -0.1) is 0 Å². The summed E-state index contributed by atoms with van der Waals surface area (Å²) in [5, 5.41) is 0. The smallest absolute Gasteiger partial charge is 0.0130 e. The Morgan fingerprint density at radius 2 is 2.00 bits per heavy atom. The number of fused-ring (bicyclic) bond motifs is 1. The minimum absolute atomic E-state index is 0.850. The van der Waals surface area contributed by atoms with Gasteiger partial charge in [-0.2, -0.15) is 0 Å². The van der Waals surface area contributed by atoms with E-state index in [1.807, 2.05) is 0 Å². The van der Waals surface area contributed by atoms with Crippen molar-refractivity contribution in [3.63, 3.8) is 0 Å². The molecule has 2 aliphatic carbocycles. The molecule has 14 heavy (non-hydrogen) atoms. The zero-order chi connectivity index (χ0) is 9.64. The summed E-state index contributed by atoms with van der Waals surface area (Å²) in [5.41, 5.74) is 0. The summed E-state index contributed by atoms with van der Waals surface area (Å²) in [5.74, 6) is 1.74. The van der Waals surface area contributed by atoms with E-state index in [-0.39, 0.29) is 0 Å². The van der Waals surface area contributed by atoms with Gasteiger partial charge >= 0.3 is 0 Å². The van der Waals surface area contributed by atoms with Crippen molar-refractivity contribution in [2.75, 3.05) is 0 Å². The van der Waals surface area contributed by atoms with Gasteiger partial charge in [0.25, 0.3) is 0 Å². The summed E-state index contributed by atoms with van der Waals surface area (Å²) >= 11 is 0. The van der Waals surface area contributed by atoms with Gasteiger partial charge in [-0.1, -0.05) is 24.3 Å². The Bertz CT molecular complexity index is 212. The van der Waals surface area contributed by atoms with Crippen LogP contribution < -0.4 is 0 Å². The third kappa shape index (κ3) is 2.73. The van der Waals surface area contributed by atoms with Gasteiger partial charge in [-0.3, -0.25) is 0 Å². The molecule has 2 rings (SSSR count). The topological polar surface area (TPSA) is 0 Å². The average molecular weight is 188 g/mol. The van der Waals surface area contributed by atoms with Crippen LogP contribution in [0.1, 0.15) is 44.9 Å². The van der Waals surface area contributed by atoms with E-state index in [1.165, 1.54) is 38.5 Å². The van der Waals surface area contributed by atoms with Crippen molar-refractivity contribution in [1.29, 1.82) is 0 Å². The van der Waals surface area contributed by atoms with Crippen molar-refractivity contribution in [3.05, 3.63) is 30.7 Å². The van der Waals surface area contributed by atoms with E-state index in [2.05, 4.69) is 30.7 Å². The minimum Gasteiger partial charge on any atom is -0.0885 e. The van der Waals surface area contributed by atoms with Gasteiger partial charge in [0.1, 0.15) is 0 Å². The Labute approximate surface area is 88.1 Å². The summed E-state index contributed by atoms with van der Waals surface area (Å²) in [4.78, 5) is 0. The molecular formula is C14H20. The molecule has 0 aromatic rings. The average Bonchev–Trinajstić information content (AvgIpc) is 2.25. The highest BCUT2D eigenvalue weighted by atomic mass is 14.3. The van der Waals surface area contributed by atoms with Crippen LogP contribution in [0, 0.1) is 18.3 Å². The lowest BCUT2D eigenvalue weighted by Gasteiger charge is -2.27. The molecule has 0 bridgehead atoms. The molecule has 2 unspecified atom stereocenters. The van der Waals surface area contributed by atoms with Gasteiger partial charge in [-0.05, 0) is 63.2 Å². The normalized spacial score (nSPS) is 36.0. The maximum atomic E-state index is 3.53. The fourth-order valence-corrected chi connectivity index (χ4v) is 2.56. The second-order valence-electron chi connectivity index (χ2n) is 4.49. The largest absolute Gasteiger partial charge is 0.0885 e. The maximum Gasteiger partial charge on any atom is -0.0130 e. The molecule has 2 radical (unpaired) electrons. The standard InChI is InChI=1S/C14H20/c1-2-4-6-10-14-12-8-7-11-13(14)9-5-3-1/h1-2,7,11,13-14H,3-5,8-10,12H2/b2-1-. The van der Waals surface area contributed by atoms with Gasteiger partial charge in [0.2, 0.25) is 0 Å². The van der Waals surface area contributed by atoms with Crippen molar-refractivity contribution in [2.45, 2.75) is 44.9 Å². The fourth-order valence-electron chi connectivity index (χ4n) is 2.56. The van der Waals surface area contributed by atoms with Gasteiger partial charge in [0.15, 0.2) is 0 Å². The molecule has 2 atom stereocenters. The van der Waals surface area contributed by atoms with E-state index < -0.39 is 0 Å². The summed E-state index contributed by atoms with van der Waals surface area (Å²) < 4.78 is 0. The third-order valence-electron chi connectivity index (χ3n) is 3.44. The van der Waals surface area contributed by atoms with E-state index in [0.29, 0.717) is 0 Å². The Morgan fingerprint density at radius 3 is 3.00 bits per heavy atom. The van der Waals surface area contributed by atoms with Crippen LogP contribution in [-0.4, -0.2) is 0 Å². The SMILES string of the molecule is [C]1C/C=C\CCCC2C=CCCC2C1. The van der Waals surface area contributed by atoms with E-state index in [4.69, 9.17) is 0 Å². The molecule has 0 amide bonds. The van der Waals surface area contributed by atoms with Crippen molar-refractivity contribution in [1.82, 2.24) is 0 Å². The van der Waals surface area contributed by atoms with Crippen LogP contribution in [0.25, 0.3) is 0 Å². The van der Waals surface area contributed by atoms with Gasteiger partial charge in [-0.25, -0.2) is 0 Å². The monoisotopic (exact) mass is 188 g/mol. The zero-order valence-corrected chi connectivity index (χ0v) is 8.91. The van der Waals surface area contributed by atoms with Crippen molar-refractivity contribution in [2.24, 2.45) is 11.8 Å². The van der Waals surface area contributed by atoms with Gasteiger partial charge < -0.3 is 0 Å². The van der Waals surface area contributed by atoms with E-state index in [1.54, 1.807) is 0 Å². The maximum absolute atomic E-state index is 3.53. The van der Waals surface area contributed by atoms with E-state index in [0.717, 1.165) is 18.3 Å². The van der Waals surface area contributed by atoms with Crippen molar-refractivity contribution < 1.29 is 0 Å². The van der Waals surface area contributed by atoms with Crippen LogP contribution >= 0.6 is 0 Å².